The Morgan fingerprint density at radius 3 is 1.68 bits per heavy atom. The van der Waals surface area contributed by atoms with E-state index in [1.54, 1.807) is 0 Å². The van der Waals surface area contributed by atoms with Crippen LogP contribution < -0.4 is 15.9 Å². The molecule has 4 aromatic carbocycles. The molecule has 0 bridgehead atoms. The van der Waals surface area contributed by atoms with Gasteiger partial charge in [-0.25, -0.2) is 0 Å². The standard InChI is InChI=1S/C26H21BrIN2P/c27-31(21-10-4-1-5-11-21,22-12-6-2-7-13-22,23-14-8-3-9-15-23)19-26-24-18-20(28)16-17-25(24)29-30-26/h1-18H,19H2,(H,29,30). The summed E-state index contributed by atoms with van der Waals surface area (Å²) in [7, 11) is 0. The Morgan fingerprint density at radius 1 is 0.710 bits per heavy atom. The quantitative estimate of drug-likeness (QED) is 0.181. The third kappa shape index (κ3) is 3.45. The molecule has 0 saturated heterocycles. The Kier molecular flexibility index (Phi) is 5.49. The van der Waals surface area contributed by atoms with Crippen molar-refractivity contribution in [2.75, 3.05) is 0 Å². The minimum absolute atomic E-state index is 0.806. The zero-order chi connectivity index (χ0) is 21.3. The van der Waals surface area contributed by atoms with Gasteiger partial charge in [0, 0.05) is 0 Å². The molecule has 1 N–H and O–H groups in total. The fourth-order valence-electron chi connectivity index (χ4n) is 4.39. The monoisotopic (exact) mass is 598 g/mol. The van der Waals surface area contributed by atoms with Gasteiger partial charge in [0.1, 0.15) is 0 Å². The van der Waals surface area contributed by atoms with E-state index >= 15 is 0 Å². The molecule has 5 heteroatoms. The van der Waals surface area contributed by atoms with E-state index in [1.807, 2.05) is 0 Å². The van der Waals surface area contributed by atoms with Crippen LogP contribution in [0.25, 0.3) is 10.9 Å². The number of hydrogen-bond acceptors (Lipinski definition) is 1. The molecule has 0 amide bonds. The number of nitrogens with one attached hydrogen (secondary N) is 1. The summed E-state index contributed by atoms with van der Waals surface area (Å²) in [6, 6.07) is 39.0. The second-order valence-electron chi connectivity index (χ2n) is 7.71. The van der Waals surface area contributed by atoms with Crippen LogP contribution in [0.4, 0.5) is 0 Å². The topological polar surface area (TPSA) is 28.7 Å². The van der Waals surface area contributed by atoms with Crippen LogP contribution in [0.3, 0.4) is 0 Å². The van der Waals surface area contributed by atoms with E-state index in [-0.39, 0.29) is 0 Å². The SMILES string of the molecule is BrP(Cc1[nH]nc2ccc(I)cc12)(c1ccccc1)(c1ccccc1)c1ccccc1. The van der Waals surface area contributed by atoms with Gasteiger partial charge in [-0.15, -0.1) is 0 Å². The maximum absolute atomic E-state index is 4.63. The molecule has 0 atom stereocenters. The second-order valence-corrected chi connectivity index (χ2v) is 17.9. The van der Waals surface area contributed by atoms with Crippen LogP contribution in [0, 0.1) is 3.57 Å². The van der Waals surface area contributed by atoms with Crippen LogP contribution in [-0.2, 0) is 6.16 Å². The molecule has 0 aliphatic heterocycles. The summed E-state index contributed by atoms with van der Waals surface area (Å²) in [5.74, 6) is 0. The van der Waals surface area contributed by atoms with Gasteiger partial charge in [-0.05, 0) is 0 Å². The van der Waals surface area contributed by atoms with Crippen molar-refractivity contribution >= 4 is 70.2 Å². The van der Waals surface area contributed by atoms with Gasteiger partial charge in [-0.3, -0.25) is 0 Å². The zero-order valence-electron chi connectivity index (χ0n) is 16.7. The molecule has 0 spiro atoms. The molecule has 5 aromatic rings. The first-order chi connectivity index (χ1) is 15.1. The van der Waals surface area contributed by atoms with Crippen LogP contribution in [0.1, 0.15) is 5.69 Å². The molecule has 31 heavy (non-hydrogen) atoms. The van der Waals surface area contributed by atoms with Crippen molar-refractivity contribution in [3.05, 3.63) is 118 Å². The van der Waals surface area contributed by atoms with Crippen LogP contribution in [0.2, 0.25) is 0 Å². The molecule has 0 unspecified atom stereocenters. The van der Waals surface area contributed by atoms with Crippen LogP contribution in [0.15, 0.2) is 109 Å². The summed E-state index contributed by atoms with van der Waals surface area (Å²) in [4.78, 5) is 0. The van der Waals surface area contributed by atoms with Gasteiger partial charge in [0.2, 0.25) is 0 Å². The van der Waals surface area contributed by atoms with Gasteiger partial charge in [-0.1, -0.05) is 0 Å². The molecule has 0 fully saturated rings. The Morgan fingerprint density at radius 2 is 1.19 bits per heavy atom. The molecule has 0 radical (unpaired) electrons. The fraction of sp³-hybridized carbons (Fsp3) is 0.0385. The Labute approximate surface area is 203 Å². The molecule has 0 saturated carbocycles. The summed E-state index contributed by atoms with van der Waals surface area (Å²) in [6.45, 7) is 0. The van der Waals surface area contributed by atoms with Crippen molar-refractivity contribution in [2.45, 2.75) is 6.16 Å². The molecule has 2 nitrogen and oxygen atoms in total. The van der Waals surface area contributed by atoms with Crippen molar-refractivity contribution in [2.24, 2.45) is 0 Å². The number of aromatic amines is 1. The number of H-pyrrole nitrogens is 1. The van der Waals surface area contributed by atoms with Crippen molar-refractivity contribution in [1.29, 1.82) is 0 Å². The second kappa shape index (κ2) is 8.16. The third-order valence-electron chi connectivity index (χ3n) is 5.93. The minimum atomic E-state index is -3.04. The molecule has 1 aromatic heterocycles. The molecular weight excluding hydrogens is 578 g/mol. The zero-order valence-corrected chi connectivity index (χ0v) is 21.4. The first kappa shape index (κ1) is 20.9. The predicted molar refractivity (Wildman–Crippen MR) is 147 cm³/mol. The van der Waals surface area contributed by atoms with Crippen molar-refractivity contribution in [3.8, 4) is 0 Å². The van der Waals surface area contributed by atoms with Gasteiger partial charge in [0.15, 0.2) is 0 Å². The molecule has 0 aliphatic carbocycles. The number of aromatic nitrogens is 2. The third-order valence-corrected chi connectivity index (χ3v) is 16.1. The van der Waals surface area contributed by atoms with Gasteiger partial charge in [-0.2, -0.15) is 0 Å². The molecule has 5 rings (SSSR count). The number of nitrogens with zero attached hydrogens (tertiary/aromatic N) is 1. The Hall–Kier alpha value is -2.01. The van der Waals surface area contributed by atoms with Gasteiger partial charge >= 0.3 is 205 Å². The summed E-state index contributed by atoms with van der Waals surface area (Å²) in [5.41, 5.74) is 2.15. The fourth-order valence-corrected chi connectivity index (χ4v) is 12.4. The van der Waals surface area contributed by atoms with E-state index < -0.39 is 5.31 Å². The molecule has 1 heterocycles. The van der Waals surface area contributed by atoms with Crippen LogP contribution >= 0.6 is 43.4 Å². The number of benzene rings is 4. The Balaban J connectivity index is 1.87. The molecular formula is C26H21BrIN2P. The van der Waals surface area contributed by atoms with Gasteiger partial charge in [0.25, 0.3) is 0 Å². The summed E-state index contributed by atoms with van der Waals surface area (Å²) in [6.07, 6.45) is 0.806. The summed E-state index contributed by atoms with van der Waals surface area (Å²) >= 11 is 6.90. The number of halogens is 2. The van der Waals surface area contributed by atoms with Gasteiger partial charge < -0.3 is 0 Å². The maximum atomic E-state index is 4.63. The van der Waals surface area contributed by atoms with Crippen molar-refractivity contribution < 1.29 is 0 Å². The van der Waals surface area contributed by atoms with E-state index in [0.29, 0.717) is 0 Å². The first-order valence-electron chi connectivity index (χ1n) is 10.1. The summed E-state index contributed by atoms with van der Waals surface area (Å²) in [5, 5.41) is 10.1. The van der Waals surface area contributed by atoms with E-state index in [4.69, 9.17) is 0 Å². The Bertz CT molecular complexity index is 1240. The van der Waals surface area contributed by atoms with E-state index in [1.165, 1.54) is 24.9 Å². The first-order valence-corrected chi connectivity index (χ1v) is 15.6. The average Bonchev–Trinajstić information content (AvgIpc) is 3.22. The molecule has 154 valence electrons. The average molecular weight is 599 g/mol. The van der Waals surface area contributed by atoms with Gasteiger partial charge in [0.05, 0.1) is 0 Å². The predicted octanol–water partition coefficient (Wildman–Crippen LogP) is 6.51. The molecule has 0 aliphatic rings. The van der Waals surface area contributed by atoms with Crippen molar-refractivity contribution in [1.82, 2.24) is 10.2 Å². The van der Waals surface area contributed by atoms with E-state index in [2.05, 4.69) is 157 Å². The normalized spacial score (nSPS) is 13.0. The van der Waals surface area contributed by atoms with E-state index in [9.17, 15) is 0 Å². The van der Waals surface area contributed by atoms with E-state index in [0.717, 1.165) is 17.4 Å². The number of rotatable bonds is 5. The van der Waals surface area contributed by atoms with Crippen molar-refractivity contribution in [3.63, 3.8) is 0 Å². The number of hydrogen-bond donors (Lipinski definition) is 1. The summed E-state index contributed by atoms with van der Waals surface area (Å²) < 4.78 is 1.21. The number of fused-ring (bicyclic) bond motifs is 1. The van der Waals surface area contributed by atoms with Crippen LogP contribution in [-0.4, -0.2) is 10.2 Å². The van der Waals surface area contributed by atoms with Crippen LogP contribution in [0.5, 0.6) is 0 Å².